The van der Waals surface area contributed by atoms with Gasteiger partial charge in [-0.15, -0.1) is 0 Å². The first-order valence-corrected chi connectivity index (χ1v) is 8.09. The van der Waals surface area contributed by atoms with E-state index in [-0.39, 0.29) is 11.4 Å². The van der Waals surface area contributed by atoms with E-state index in [0.717, 1.165) is 16.7 Å². The van der Waals surface area contributed by atoms with Gasteiger partial charge >= 0.3 is 0 Å². The first-order valence-electron chi connectivity index (χ1n) is 8.09. The number of nitrogens with zero attached hydrogens (tertiary/aromatic N) is 3. The molecular weight excluding hydrogens is 329 g/mol. The van der Waals surface area contributed by atoms with Crippen molar-refractivity contribution in [2.75, 3.05) is 0 Å². The number of hydrogen-bond donors (Lipinski definition) is 0. The summed E-state index contributed by atoms with van der Waals surface area (Å²) >= 11 is 0. The third-order valence-electron chi connectivity index (χ3n) is 4.02. The average molecular weight is 343 g/mol. The van der Waals surface area contributed by atoms with E-state index in [1.165, 1.54) is 22.9 Å². The van der Waals surface area contributed by atoms with E-state index in [9.17, 15) is 9.18 Å². The van der Waals surface area contributed by atoms with Crippen LogP contribution in [0.3, 0.4) is 0 Å². The van der Waals surface area contributed by atoms with Crippen LogP contribution in [0.1, 0.15) is 0 Å². The van der Waals surface area contributed by atoms with Crippen LogP contribution in [-0.4, -0.2) is 14.8 Å². The zero-order valence-corrected chi connectivity index (χ0v) is 13.7. The van der Waals surface area contributed by atoms with E-state index in [1.54, 1.807) is 42.6 Å². The van der Waals surface area contributed by atoms with Crippen LogP contribution in [0.2, 0.25) is 0 Å². The van der Waals surface area contributed by atoms with Gasteiger partial charge in [0.1, 0.15) is 5.82 Å². The van der Waals surface area contributed by atoms with Crippen molar-refractivity contribution in [3.05, 3.63) is 101 Å². The Bertz CT molecular complexity index is 1090. The molecule has 0 bridgehead atoms. The SMILES string of the molecule is O=c1ccc(-c2ccc(-c3ccc(F)cc3)cc2)nn1-c1ccccn1. The lowest BCUT2D eigenvalue weighted by atomic mass is 10.0. The van der Waals surface area contributed by atoms with Gasteiger partial charge in [0, 0.05) is 17.8 Å². The molecule has 0 aliphatic carbocycles. The predicted molar refractivity (Wildman–Crippen MR) is 98.5 cm³/mol. The lowest BCUT2D eigenvalue weighted by Gasteiger charge is -2.07. The highest BCUT2D eigenvalue weighted by Gasteiger charge is 2.07. The molecule has 2 heterocycles. The van der Waals surface area contributed by atoms with Crippen molar-refractivity contribution in [2.24, 2.45) is 0 Å². The highest BCUT2D eigenvalue weighted by Crippen LogP contribution is 2.23. The van der Waals surface area contributed by atoms with Crippen molar-refractivity contribution in [3.8, 4) is 28.2 Å². The van der Waals surface area contributed by atoms with Crippen LogP contribution in [-0.2, 0) is 0 Å². The summed E-state index contributed by atoms with van der Waals surface area (Å²) in [5.41, 5.74) is 3.22. The largest absolute Gasteiger partial charge is 0.272 e. The molecule has 5 heteroatoms. The van der Waals surface area contributed by atoms with E-state index >= 15 is 0 Å². The average Bonchev–Trinajstić information content (AvgIpc) is 2.70. The molecule has 0 amide bonds. The lowest BCUT2D eigenvalue weighted by molar-refractivity contribution is 0.628. The molecule has 0 unspecified atom stereocenters. The number of aromatic nitrogens is 3. The molecule has 4 aromatic rings. The van der Waals surface area contributed by atoms with Crippen molar-refractivity contribution >= 4 is 0 Å². The van der Waals surface area contributed by atoms with Gasteiger partial charge in [-0.1, -0.05) is 42.5 Å². The Kier molecular flexibility index (Phi) is 4.11. The van der Waals surface area contributed by atoms with Crippen LogP contribution >= 0.6 is 0 Å². The number of pyridine rings is 1. The van der Waals surface area contributed by atoms with E-state index in [1.807, 2.05) is 24.3 Å². The van der Waals surface area contributed by atoms with Crippen LogP contribution in [0.5, 0.6) is 0 Å². The third-order valence-corrected chi connectivity index (χ3v) is 4.02. The zero-order valence-electron chi connectivity index (χ0n) is 13.7. The molecule has 4 nitrogen and oxygen atoms in total. The lowest BCUT2D eigenvalue weighted by Crippen LogP contribution is -2.21. The normalized spacial score (nSPS) is 10.7. The molecule has 0 spiro atoms. The van der Waals surface area contributed by atoms with Gasteiger partial charge in [0.2, 0.25) is 0 Å². The summed E-state index contributed by atoms with van der Waals surface area (Å²) in [5, 5.41) is 4.42. The van der Waals surface area contributed by atoms with Crippen LogP contribution in [0.15, 0.2) is 89.9 Å². The van der Waals surface area contributed by atoms with Crippen molar-refractivity contribution < 1.29 is 4.39 Å². The Hall–Kier alpha value is -3.60. The highest BCUT2D eigenvalue weighted by molar-refractivity contribution is 5.68. The van der Waals surface area contributed by atoms with Crippen LogP contribution in [0.25, 0.3) is 28.2 Å². The second-order valence-corrected chi connectivity index (χ2v) is 5.74. The molecule has 0 aliphatic rings. The molecule has 0 N–H and O–H groups in total. The summed E-state index contributed by atoms with van der Waals surface area (Å²) in [6.45, 7) is 0. The fourth-order valence-corrected chi connectivity index (χ4v) is 2.68. The second kappa shape index (κ2) is 6.72. The molecule has 126 valence electrons. The number of hydrogen-bond acceptors (Lipinski definition) is 3. The predicted octanol–water partition coefficient (Wildman–Crippen LogP) is 4.10. The van der Waals surface area contributed by atoms with Gasteiger partial charge in [-0.3, -0.25) is 4.79 Å². The van der Waals surface area contributed by atoms with Gasteiger partial charge in [0.05, 0.1) is 5.69 Å². The van der Waals surface area contributed by atoms with Gasteiger partial charge in [0.15, 0.2) is 5.82 Å². The summed E-state index contributed by atoms with van der Waals surface area (Å²) in [4.78, 5) is 16.3. The maximum absolute atomic E-state index is 13.1. The Morgan fingerprint density at radius 3 is 2.04 bits per heavy atom. The third kappa shape index (κ3) is 3.15. The standard InChI is InChI=1S/C21H14FN3O/c22-18-10-8-16(9-11-18)15-4-6-17(7-5-15)19-12-13-21(26)25(24-19)20-3-1-2-14-23-20/h1-14H. The summed E-state index contributed by atoms with van der Waals surface area (Å²) in [6.07, 6.45) is 1.62. The minimum absolute atomic E-state index is 0.240. The molecule has 0 saturated carbocycles. The fourth-order valence-electron chi connectivity index (χ4n) is 2.68. The number of rotatable bonds is 3. The number of halogens is 1. The molecule has 2 aromatic heterocycles. The molecule has 26 heavy (non-hydrogen) atoms. The van der Waals surface area contributed by atoms with Gasteiger partial charge in [-0.05, 0) is 41.5 Å². The van der Waals surface area contributed by atoms with Crippen molar-refractivity contribution in [2.45, 2.75) is 0 Å². The summed E-state index contributed by atoms with van der Waals surface area (Å²) < 4.78 is 14.3. The molecule has 0 atom stereocenters. The molecule has 0 aliphatic heterocycles. The molecule has 4 rings (SSSR count). The van der Waals surface area contributed by atoms with Gasteiger partial charge in [-0.2, -0.15) is 9.78 Å². The topological polar surface area (TPSA) is 47.8 Å². The molecule has 2 aromatic carbocycles. The summed E-state index contributed by atoms with van der Waals surface area (Å²) in [7, 11) is 0. The monoisotopic (exact) mass is 343 g/mol. The minimum Gasteiger partial charge on any atom is -0.267 e. The highest BCUT2D eigenvalue weighted by atomic mass is 19.1. The zero-order chi connectivity index (χ0) is 17.9. The summed E-state index contributed by atoms with van der Waals surface area (Å²) in [5.74, 6) is 0.216. The molecule has 0 saturated heterocycles. The Morgan fingerprint density at radius 2 is 1.38 bits per heavy atom. The smallest absolute Gasteiger partial charge is 0.267 e. The van der Waals surface area contributed by atoms with Crippen LogP contribution in [0, 0.1) is 5.82 Å². The van der Waals surface area contributed by atoms with Crippen LogP contribution in [0.4, 0.5) is 4.39 Å². The molecular formula is C21H14FN3O. The van der Waals surface area contributed by atoms with Crippen molar-refractivity contribution in [3.63, 3.8) is 0 Å². The van der Waals surface area contributed by atoms with E-state index < -0.39 is 0 Å². The Balaban J connectivity index is 1.70. The maximum atomic E-state index is 13.1. The van der Waals surface area contributed by atoms with Crippen LogP contribution < -0.4 is 5.56 Å². The van der Waals surface area contributed by atoms with E-state index in [2.05, 4.69) is 10.1 Å². The quantitative estimate of drug-likeness (QED) is 0.563. The Labute approximate surface area is 149 Å². The number of benzene rings is 2. The maximum Gasteiger partial charge on any atom is 0.272 e. The fraction of sp³-hybridized carbons (Fsp3) is 0. The summed E-state index contributed by atoms with van der Waals surface area (Å²) in [6, 6.07) is 22.6. The first kappa shape index (κ1) is 15.9. The first-order chi connectivity index (χ1) is 12.7. The van der Waals surface area contributed by atoms with Crippen molar-refractivity contribution in [1.29, 1.82) is 0 Å². The van der Waals surface area contributed by atoms with Crippen molar-refractivity contribution in [1.82, 2.24) is 14.8 Å². The van der Waals surface area contributed by atoms with E-state index in [4.69, 9.17) is 0 Å². The van der Waals surface area contributed by atoms with Gasteiger partial charge in [0.25, 0.3) is 5.56 Å². The second-order valence-electron chi connectivity index (χ2n) is 5.74. The van der Waals surface area contributed by atoms with E-state index in [0.29, 0.717) is 11.5 Å². The molecule has 0 fully saturated rings. The molecule has 0 radical (unpaired) electrons. The minimum atomic E-state index is -0.258. The Morgan fingerprint density at radius 1 is 0.731 bits per heavy atom. The van der Waals surface area contributed by atoms with Gasteiger partial charge in [-0.25, -0.2) is 9.37 Å². The van der Waals surface area contributed by atoms with Gasteiger partial charge < -0.3 is 0 Å².